The summed E-state index contributed by atoms with van der Waals surface area (Å²) in [5.74, 6) is 0.336. The molecule has 1 aliphatic rings. The molecule has 0 unspecified atom stereocenters. The van der Waals surface area contributed by atoms with Gasteiger partial charge in [0.1, 0.15) is 0 Å². The van der Waals surface area contributed by atoms with Crippen molar-refractivity contribution in [2.75, 3.05) is 6.54 Å². The minimum absolute atomic E-state index is 0.159. The van der Waals surface area contributed by atoms with E-state index < -0.39 is 0 Å². The van der Waals surface area contributed by atoms with Crippen LogP contribution in [0.1, 0.15) is 20.8 Å². The molecule has 0 aromatic heterocycles. The molecule has 2 heteroatoms. The molecule has 0 bridgehead atoms. The monoisotopic (exact) mass is 127 g/mol. The molecule has 1 fully saturated rings. The van der Waals surface area contributed by atoms with Gasteiger partial charge >= 0.3 is 0 Å². The summed E-state index contributed by atoms with van der Waals surface area (Å²) < 4.78 is 0. The number of Topliss-reactive ketones (excluding diaryl/α,β-unsaturated/α-hetero) is 1. The van der Waals surface area contributed by atoms with E-state index in [1.807, 2.05) is 20.8 Å². The van der Waals surface area contributed by atoms with Crippen LogP contribution in [0.5, 0.6) is 0 Å². The van der Waals surface area contributed by atoms with Gasteiger partial charge < -0.3 is 5.32 Å². The molecule has 1 rings (SSSR count). The highest BCUT2D eigenvalue weighted by molar-refractivity contribution is 5.91. The first-order valence-corrected chi connectivity index (χ1v) is 3.29. The predicted molar refractivity (Wildman–Crippen MR) is 36.3 cm³/mol. The van der Waals surface area contributed by atoms with Gasteiger partial charge in [-0.15, -0.1) is 0 Å². The summed E-state index contributed by atoms with van der Waals surface area (Å²) in [5, 5.41) is 2.99. The summed E-state index contributed by atoms with van der Waals surface area (Å²) in [6, 6.07) is 0.171. The van der Waals surface area contributed by atoms with E-state index in [2.05, 4.69) is 5.32 Å². The lowest BCUT2D eigenvalue weighted by molar-refractivity contribution is -0.125. The first-order valence-electron chi connectivity index (χ1n) is 3.29. The average Bonchev–Trinajstić information content (AvgIpc) is 2.40. The predicted octanol–water partition coefficient (Wildman–Crippen LogP) is 0.573. The van der Waals surface area contributed by atoms with Crippen molar-refractivity contribution in [1.82, 2.24) is 5.32 Å². The Morgan fingerprint density at radius 3 is 2.11 bits per heavy atom. The Balaban J connectivity index is 2.50. The number of carbonyl (C=O) groups excluding carboxylic acids is 1. The number of hydrogen-bond acceptors (Lipinski definition) is 2. The lowest BCUT2D eigenvalue weighted by atomic mass is 9.89. The maximum atomic E-state index is 11.2. The van der Waals surface area contributed by atoms with Crippen molar-refractivity contribution in [3.05, 3.63) is 0 Å². The van der Waals surface area contributed by atoms with Crippen molar-refractivity contribution in [3.8, 4) is 0 Å². The quantitative estimate of drug-likeness (QED) is 0.523. The van der Waals surface area contributed by atoms with Gasteiger partial charge in [0.2, 0.25) is 0 Å². The highest BCUT2D eigenvalue weighted by Gasteiger charge is 2.35. The summed E-state index contributed by atoms with van der Waals surface area (Å²) in [5.41, 5.74) is -0.159. The molecular weight excluding hydrogens is 114 g/mol. The highest BCUT2D eigenvalue weighted by Crippen LogP contribution is 2.19. The molecule has 9 heavy (non-hydrogen) atoms. The van der Waals surface area contributed by atoms with Crippen molar-refractivity contribution in [1.29, 1.82) is 0 Å². The van der Waals surface area contributed by atoms with E-state index in [-0.39, 0.29) is 11.5 Å². The molecule has 1 saturated heterocycles. The molecule has 0 aromatic rings. The first-order chi connectivity index (χ1) is 4.02. The van der Waals surface area contributed by atoms with Crippen molar-refractivity contribution in [2.24, 2.45) is 5.41 Å². The Hall–Kier alpha value is -0.370. The van der Waals surface area contributed by atoms with Gasteiger partial charge in [-0.25, -0.2) is 0 Å². The third kappa shape index (κ3) is 1.52. The Morgan fingerprint density at radius 2 is 2.00 bits per heavy atom. The van der Waals surface area contributed by atoms with E-state index in [1.165, 1.54) is 0 Å². The largest absolute Gasteiger partial charge is 0.304 e. The maximum Gasteiger partial charge on any atom is 0.156 e. The third-order valence-electron chi connectivity index (χ3n) is 1.46. The van der Waals surface area contributed by atoms with E-state index >= 15 is 0 Å². The van der Waals surface area contributed by atoms with Crippen molar-refractivity contribution >= 4 is 5.78 Å². The zero-order valence-electron chi connectivity index (χ0n) is 6.19. The number of hydrogen-bond donors (Lipinski definition) is 1. The summed E-state index contributed by atoms with van der Waals surface area (Å²) in [6.45, 7) is 6.75. The lowest BCUT2D eigenvalue weighted by Crippen LogP contribution is -2.26. The summed E-state index contributed by atoms with van der Waals surface area (Å²) in [6.07, 6.45) is 0. The van der Waals surface area contributed by atoms with Gasteiger partial charge in [0.15, 0.2) is 5.78 Å². The summed E-state index contributed by atoms with van der Waals surface area (Å²) >= 11 is 0. The van der Waals surface area contributed by atoms with Crippen LogP contribution in [0.25, 0.3) is 0 Å². The second-order valence-corrected chi connectivity index (χ2v) is 3.58. The molecule has 1 N–H and O–H groups in total. The minimum atomic E-state index is -0.159. The van der Waals surface area contributed by atoms with Gasteiger partial charge in [0.25, 0.3) is 0 Å². The molecule has 52 valence electrons. The second kappa shape index (κ2) is 1.81. The molecular formula is C7H13NO. The molecule has 0 aromatic carbocycles. The maximum absolute atomic E-state index is 11.2. The second-order valence-electron chi connectivity index (χ2n) is 3.58. The molecule has 1 atom stereocenters. The SMILES string of the molecule is CC(C)(C)C(=O)[C@H]1CN1. The van der Waals surface area contributed by atoms with E-state index in [1.54, 1.807) is 0 Å². The number of carbonyl (C=O) groups is 1. The fraction of sp³-hybridized carbons (Fsp3) is 0.857. The molecule has 0 amide bonds. The fourth-order valence-electron chi connectivity index (χ4n) is 0.767. The highest BCUT2D eigenvalue weighted by atomic mass is 16.1. The van der Waals surface area contributed by atoms with Crippen LogP contribution in [0.3, 0.4) is 0 Å². The smallest absolute Gasteiger partial charge is 0.156 e. The van der Waals surface area contributed by atoms with Crippen molar-refractivity contribution in [2.45, 2.75) is 26.8 Å². The standard InChI is InChI=1S/C7H13NO/c1-7(2,3)6(9)5-4-8-5/h5,8H,4H2,1-3H3/t5-/m1/s1. The molecule has 0 spiro atoms. The fourth-order valence-corrected chi connectivity index (χ4v) is 0.767. The van der Waals surface area contributed by atoms with Crippen LogP contribution >= 0.6 is 0 Å². The topological polar surface area (TPSA) is 39.0 Å². The van der Waals surface area contributed by atoms with Crippen molar-refractivity contribution in [3.63, 3.8) is 0 Å². The zero-order valence-corrected chi connectivity index (χ0v) is 6.19. The Kier molecular flexibility index (Phi) is 1.35. The van der Waals surface area contributed by atoms with Crippen LogP contribution in [-0.2, 0) is 4.79 Å². The van der Waals surface area contributed by atoms with Gasteiger partial charge in [-0.05, 0) is 0 Å². The van der Waals surface area contributed by atoms with Crippen LogP contribution in [0.15, 0.2) is 0 Å². The van der Waals surface area contributed by atoms with E-state index in [4.69, 9.17) is 0 Å². The van der Waals surface area contributed by atoms with Crippen LogP contribution in [0.4, 0.5) is 0 Å². The number of ketones is 1. The van der Waals surface area contributed by atoms with Crippen LogP contribution in [0, 0.1) is 5.41 Å². The van der Waals surface area contributed by atoms with Crippen molar-refractivity contribution < 1.29 is 4.79 Å². The number of rotatable bonds is 1. The Morgan fingerprint density at radius 1 is 1.56 bits per heavy atom. The van der Waals surface area contributed by atoms with Crippen LogP contribution < -0.4 is 5.32 Å². The minimum Gasteiger partial charge on any atom is -0.304 e. The molecule has 0 radical (unpaired) electrons. The van der Waals surface area contributed by atoms with Gasteiger partial charge in [-0.1, -0.05) is 20.8 Å². The molecule has 1 aliphatic heterocycles. The van der Waals surface area contributed by atoms with E-state index in [9.17, 15) is 4.79 Å². The third-order valence-corrected chi connectivity index (χ3v) is 1.46. The summed E-state index contributed by atoms with van der Waals surface area (Å²) in [7, 11) is 0. The normalized spacial score (nSPS) is 25.9. The lowest BCUT2D eigenvalue weighted by Gasteiger charge is -2.14. The van der Waals surface area contributed by atoms with Gasteiger partial charge in [-0.2, -0.15) is 0 Å². The molecule has 0 saturated carbocycles. The van der Waals surface area contributed by atoms with E-state index in [0.717, 1.165) is 6.54 Å². The molecule has 1 heterocycles. The Labute approximate surface area is 55.6 Å². The van der Waals surface area contributed by atoms with Crippen LogP contribution in [-0.4, -0.2) is 18.4 Å². The van der Waals surface area contributed by atoms with Crippen LogP contribution in [0.2, 0.25) is 0 Å². The zero-order chi connectivity index (χ0) is 7.07. The van der Waals surface area contributed by atoms with Gasteiger partial charge in [-0.3, -0.25) is 4.79 Å². The van der Waals surface area contributed by atoms with Gasteiger partial charge in [0, 0.05) is 12.0 Å². The Bertz CT molecular complexity index is 130. The van der Waals surface area contributed by atoms with E-state index in [0.29, 0.717) is 5.78 Å². The molecule has 2 nitrogen and oxygen atoms in total. The molecule has 0 aliphatic carbocycles. The number of nitrogens with one attached hydrogen (secondary N) is 1. The first kappa shape index (κ1) is 6.75. The average molecular weight is 127 g/mol. The van der Waals surface area contributed by atoms with Gasteiger partial charge in [0.05, 0.1) is 6.04 Å². The summed E-state index contributed by atoms with van der Waals surface area (Å²) in [4.78, 5) is 11.2.